The molecule has 0 bridgehead atoms. The molecule has 3 fully saturated rings. The highest BCUT2D eigenvalue weighted by Gasteiger charge is 2.52. The molecular weight excluding hydrogens is 320 g/mol. The fraction of sp³-hybridized carbons (Fsp3) is 0.722. The van der Waals surface area contributed by atoms with Crippen LogP contribution in [0.2, 0.25) is 0 Å². The van der Waals surface area contributed by atoms with Crippen molar-refractivity contribution in [2.45, 2.75) is 56.3 Å². The Labute approximate surface area is 147 Å². The van der Waals surface area contributed by atoms with Gasteiger partial charge in [0.2, 0.25) is 0 Å². The van der Waals surface area contributed by atoms with E-state index in [2.05, 4.69) is 14.9 Å². The maximum absolute atomic E-state index is 11.4. The molecule has 2 N–H and O–H groups in total. The molecule has 1 aromatic rings. The number of primary amides is 1. The average molecular weight is 346 g/mol. The molecule has 1 aromatic heterocycles. The van der Waals surface area contributed by atoms with E-state index in [1.807, 2.05) is 0 Å². The molecule has 0 spiro atoms. The molecule has 1 aliphatic heterocycles. The summed E-state index contributed by atoms with van der Waals surface area (Å²) in [5.74, 6) is 0.913. The Morgan fingerprint density at radius 1 is 1.36 bits per heavy atom. The van der Waals surface area contributed by atoms with Gasteiger partial charge in [-0.25, -0.2) is 4.98 Å². The van der Waals surface area contributed by atoms with Gasteiger partial charge < -0.3 is 20.1 Å². The Hall–Kier alpha value is -1.73. The lowest BCUT2D eigenvalue weighted by atomic mass is 9.79. The minimum absolute atomic E-state index is 0.163. The lowest BCUT2D eigenvalue weighted by Gasteiger charge is -2.43. The van der Waals surface area contributed by atoms with Crippen molar-refractivity contribution in [3.8, 4) is 0 Å². The van der Waals surface area contributed by atoms with Crippen molar-refractivity contribution in [1.29, 1.82) is 0 Å². The highest BCUT2D eigenvalue weighted by atomic mass is 16.5. The van der Waals surface area contributed by atoms with Crippen LogP contribution in [0.1, 0.15) is 49.0 Å². The van der Waals surface area contributed by atoms with E-state index in [-0.39, 0.29) is 23.4 Å². The van der Waals surface area contributed by atoms with Gasteiger partial charge >= 0.3 is 0 Å². The Morgan fingerprint density at radius 2 is 2.20 bits per heavy atom. The number of amides is 1. The van der Waals surface area contributed by atoms with Crippen LogP contribution in [-0.2, 0) is 9.47 Å². The molecule has 0 unspecified atom stereocenters. The second-order valence-corrected chi connectivity index (χ2v) is 7.53. The van der Waals surface area contributed by atoms with Crippen molar-refractivity contribution in [2.75, 3.05) is 25.2 Å². The number of rotatable bonds is 6. The van der Waals surface area contributed by atoms with Crippen molar-refractivity contribution in [1.82, 2.24) is 9.97 Å². The molecule has 3 aliphatic rings. The first kappa shape index (κ1) is 16.7. The van der Waals surface area contributed by atoms with Crippen molar-refractivity contribution < 1.29 is 14.3 Å². The molecular formula is C18H26N4O3. The molecule has 4 rings (SSSR count). The first-order valence-corrected chi connectivity index (χ1v) is 9.16. The summed E-state index contributed by atoms with van der Waals surface area (Å²) < 4.78 is 12.1. The Balaban J connectivity index is 1.53. The van der Waals surface area contributed by atoms with Gasteiger partial charge in [0.1, 0.15) is 11.5 Å². The summed E-state index contributed by atoms with van der Waals surface area (Å²) in [6.07, 6.45) is 9.89. The molecule has 3 atom stereocenters. The summed E-state index contributed by atoms with van der Waals surface area (Å²) in [5, 5.41) is 0. The zero-order valence-electron chi connectivity index (χ0n) is 14.7. The molecule has 0 aromatic carbocycles. The molecule has 1 amide bonds. The fourth-order valence-electron chi connectivity index (χ4n) is 4.26. The van der Waals surface area contributed by atoms with Crippen LogP contribution in [0.4, 0.5) is 5.82 Å². The molecule has 7 nitrogen and oxygen atoms in total. The minimum atomic E-state index is -0.555. The number of nitrogens with zero attached hydrogens (tertiary/aromatic N) is 3. The van der Waals surface area contributed by atoms with Gasteiger partial charge in [-0.1, -0.05) is 0 Å². The maximum atomic E-state index is 11.4. The molecule has 25 heavy (non-hydrogen) atoms. The van der Waals surface area contributed by atoms with E-state index in [0.29, 0.717) is 5.82 Å². The summed E-state index contributed by atoms with van der Waals surface area (Å²) >= 11 is 0. The number of aromatic nitrogens is 2. The van der Waals surface area contributed by atoms with Crippen molar-refractivity contribution in [2.24, 2.45) is 11.7 Å². The van der Waals surface area contributed by atoms with E-state index in [4.69, 9.17) is 15.2 Å². The van der Waals surface area contributed by atoms with Crippen LogP contribution in [0.25, 0.3) is 0 Å². The summed E-state index contributed by atoms with van der Waals surface area (Å²) in [6.45, 7) is 1.72. The van der Waals surface area contributed by atoms with Gasteiger partial charge in [-0.3, -0.25) is 9.78 Å². The van der Waals surface area contributed by atoms with Gasteiger partial charge in [-0.2, -0.15) is 0 Å². The third-order valence-electron chi connectivity index (χ3n) is 5.97. The Bertz CT molecular complexity index is 651. The standard InChI is InChI=1S/C18H26N4O3/c1-24-18-5-4-13(25-11-12-2-3-12)8-15(18)22(7-6-18)16-10-20-9-14(21-16)17(19)23/h9-10,12-13,15H,2-8,11H2,1H3,(H2,19,23)/t13-,15+,18-/m1/s1. The van der Waals surface area contributed by atoms with Gasteiger partial charge in [0.15, 0.2) is 0 Å². The maximum Gasteiger partial charge on any atom is 0.268 e. The van der Waals surface area contributed by atoms with Gasteiger partial charge in [0.05, 0.1) is 30.1 Å². The van der Waals surface area contributed by atoms with E-state index >= 15 is 0 Å². The van der Waals surface area contributed by atoms with Crippen molar-refractivity contribution in [3.05, 3.63) is 18.1 Å². The number of ether oxygens (including phenoxy) is 2. The second-order valence-electron chi connectivity index (χ2n) is 7.53. The second kappa shape index (κ2) is 6.53. The van der Waals surface area contributed by atoms with Gasteiger partial charge in [0, 0.05) is 20.3 Å². The minimum Gasteiger partial charge on any atom is -0.378 e. The molecule has 0 radical (unpaired) electrons. The average Bonchev–Trinajstić information content (AvgIpc) is 3.39. The molecule has 7 heteroatoms. The molecule has 2 heterocycles. The topological polar surface area (TPSA) is 90.6 Å². The first-order chi connectivity index (χ1) is 12.1. The summed E-state index contributed by atoms with van der Waals surface area (Å²) in [6, 6.07) is 0.188. The largest absolute Gasteiger partial charge is 0.378 e. The summed E-state index contributed by atoms with van der Waals surface area (Å²) in [4.78, 5) is 22.2. The number of hydrogen-bond acceptors (Lipinski definition) is 6. The van der Waals surface area contributed by atoms with Crippen LogP contribution in [0.5, 0.6) is 0 Å². The fourth-order valence-corrected chi connectivity index (χ4v) is 4.26. The number of methoxy groups -OCH3 is 1. The molecule has 136 valence electrons. The summed E-state index contributed by atoms with van der Waals surface area (Å²) in [5.41, 5.74) is 5.39. The normalized spacial score (nSPS) is 31.8. The predicted molar refractivity (Wildman–Crippen MR) is 92.4 cm³/mol. The number of fused-ring (bicyclic) bond motifs is 1. The molecule has 2 aliphatic carbocycles. The van der Waals surface area contributed by atoms with Crippen molar-refractivity contribution >= 4 is 11.7 Å². The number of carbonyl (C=O) groups excluding carboxylic acids is 1. The van der Waals surface area contributed by atoms with Crippen LogP contribution in [0.15, 0.2) is 12.4 Å². The van der Waals surface area contributed by atoms with Crippen molar-refractivity contribution in [3.63, 3.8) is 0 Å². The van der Waals surface area contributed by atoms with Crippen LogP contribution in [0, 0.1) is 5.92 Å². The van der Waals surface area contributed by atoms with E-state index < -0.39 is 5.91 Å². The number of anilines is 1. The third kappa shape index (κ3) is 3.22. The number of hydrogen-bond donors (Lipinski definition) is 1. The van der Waals surface area contributed by atoms with E-state index in [0.717, 1.165) is 44.8 Å². The van der Waals surface area contributed by atoms with E-state index in [1.165, 1.54) is 19.0 Å². The molecule has 1 saturated heterocycles. The van der Waals surface area contributed by atoms with Gasteiger partial charge in [0.25, 0.3) is 5.91 Å². The smallest absolute Gasteiger partial charge is 0.268 e. The van der Waals surface area contributed by atoms with Gasteiger partial charge in [-0.15, -0.1) is 0 Å². The quantitative estimate of drug-likeness (QED) is 0.840. The number of nitrogens with two attached hydrogens (primary N) is 1. The highest BCUT2D eigenvalue weighted by Crippen LogP contribution is 2.44. The zero-order chi connectivity index (χ0) is 17.4. The summed E-state index contributed by atoms with van der Waals surface area (Å²) in [7, 11) is 1.80. The molecule has 2 saturated carbocycles. The number of carbonyl (C=O) groups is 1. The zero-order valence-corrected chi connectivity index (χ0v) is 14.7. The van der Waals surface area contributed by atoms with Crippen LogP contribution in [-0.4, -0.2) is 53.9 Å². The van der Waals surface area contributed by atoms with E-state index in [1.54, 1.807) is 13.3 Å². The lowest BCUT2D eigenvalue weighted by molar-refractivity contribution is -0.0816. The first-order valence-electron chi connectivity index (χ1n) is 9.16. The SMILES string of the molecule is CO[C@@]12CC[C@@H](OCC3CC3)C[C@@H]1N(c1cncc(C(N)=O)n1)CC2. The predicted octanol–water partition coefficient (Wildman–Crippen LogP) is 1.52. The Morgan fingerprint density at radius 3 is 2.92 bits per heavy atom. The monoisotopic (exact) mass is 346 g/mol. The third-order valence-corrected chi connectivity index (χ3v) is 5.97. The lowest BCUT2D eigenvalue weighted by Crippen LogP contribution is -2.52. The van der Waals surface area contributed by atoms with E-state index in [9.17, 15) is 4.79 Å². The Kier molecular flexibility index (Phi) is 4.37. The van der Waals surface area contributed by atoms with Crippen LogP contribution >= 0.6 is 0 Å². The van der Waals surface area contributed by atoms with Crippen LogP contribution in [0.3, 0.4) is 0 Å². The highest BCUT2D eigenvalue weighted by molar-refractivity contribution is 5.90. The van der Waals surface area contributed by atoms with Crippen LogP contribution < -0.4 is 10.6 Å². The van der Waals surface area contributed by atoms with Gasteiger partial charge in [-0.05, 0) is 44.4 Å².